The van der Waals surface area contributed by atoms with Gasteiger partial charge in [-0.3, -0.25) is 9.69 Å². The first-order chi connectivity index (χ1) is 7.88. The normalized spacial score (nSPS) is 12.8. The van der Waals surface area contributed by atoms with Crippen LogP contribution in [-0.4, -0.2) is 60.8 Å². The Hall–Kier alpha value is -1.14. The second-order valence-electron chi connectivity index (χ2n) is 4.17. The highest BCUT2D eigenvalue weighted by atomic mass is 16.5. The third-order valence-corrected chi connectivity index (χ3v) is 2.41. The van der Waals surface area contributed by atoms with Gasteiger partial charge in [0.2, 0.25) is 5.91 Å². The summed E-state index contributed by atoms with van der Waals surface area (Å²) in [5, 5.41) is 11.4. The lowest BCUT2D eigenvalue weighted by Gasteiger charge is -2.29. The van der Waals surface area contributed by atoms with E-state index in [1.165, 1.54) is 6.92 Å². The average Bonchev–Trinajstić information content (AvgIpc) is 2.21. The lowest BCUT2D eigenvalue weighted by atomic mass is 10.2. The molecule has 0 aromatic heterocycles. The number of nitrogens with one attached hydrogen (secondary N) is 1. The van der Waals surface area contributed by atoms with Gasteiger partial charge in [0.25, 0.3) is 0 Å². The molecular weight excluding hydrogens is 224 g/mol. The fourth-order valence-electron chi connectivity index (χ4n) is 1.43. The Kier molecular flexibility index (Phi) is 7.49. The SMILES string of the molecule is COCCN(CC(NC(C)=O)C(=O)O)C(C)C. The summed E-state index contributed by atoms with van der Waals surface area (Å²) in [4.78, 5) is 23.9. The number of carbonyl (C=O) groups excluding carboxylic acids is 1. The van der Waals surface area contributed by atoms with Crippen molar-refractivity contribution in [3.63, 3.8) is 0 Å². The van der Waals surface area contributed by atoms with Gasteiger partial charge in [0.1, 0.15) is 6.04 Å². The molecule has 1 atom stereocenters. The Morgan fingerprint density at radius 2 is 2.00 bits per heavy atom. The van der Waals surface area contributed by atoms with Gasteiger partial charge in [-0.1, -0.05) is 0 Å². The summed E-state index contributed by atoms with van der Waals surface area (Å²) in [5.41, 5.74) is 0. The lowest BCUT2D eigenvalue weighted by Crippen LogP contribution is -2.50. The molecule has 6 nitrogen and oxygen atoms in total. The van der Waals surface area contributed by atoms with E-state index < -0.39 is 12.0 Å². The van der Waals surface area contributed by atoms with Gasteiger partial charge in [-0.25, -0.2) is 4.79 Å². The topological polar surface area (TPSA) is 78.9 Å². The molecule has 2 N–H and O–H groups in total. The van der Waals surface area contributed by atoms with Crippen molar-refractivity contribution < 1.29 is 19.4 Å². The van der Waals surface area contributed by atoms with E-state index >= 15 is 0 Å². The fraction of sp³-hybridized carbons (Fsp3) is 0.818. The molecule has 0 rings (SSSR count). The number of carbonyl (C=O) groups is 2. The van der Waals surface area contributed by atoms with Crippen LogP contribution in [0.1, 0.15) is 20.8 Å². The van der Waals surface area contributed by atoms with Crippen molar-refractivity contribution in [2.45, 2.75) is 32.9 Å². The van der Waals surface area contributed by atoms with Crippen LogP contribution >= 0.6 is 0 Å². The molecule has 6 heteroatoms. The fourth-order valence-corrected chi connectivity index (χ4v) is 1.43. The van der Waals surface area contributed by atoms with Crippen LogP contribution in [0.2, 0.25) is 0 Å². The second kappa shape index (κ2) is 8.03. The monoisotopic (exact) mass is 246 g/mol. The van der Waals surface area contributed by atoms with E-state index in [-0.39, 0.29) is 18.5 Å². The van der Waals surface area contributed by atoms with Gasteiger partial charge in [-0.15, -0.1) is 0 Å². The average molecular weight is 246 g/mol. The molecule has 0 radical (unpaired) electrons. The first kappa shape index (κ1) is 15.9. The number of carboxylic acids is 1. The van der Waals surface area contributed by atoms with Crippen LogP contribution in [0.25, 0.3) is 0 Å². The Bertz CT molecular complexity index is 256. The van der Waals surface area contributed by atoms with Crippen LogP contribution in [-0.2, 0) is 14.3 Å². The minimum atomic E-state index is -1.02. The Balaban J connectivity index is 4.44. The molecule has 0 bridgehead atoms. The summed E-state index contributed by atoms with van der Waals surface area (Å²) < 4.78 is 4.97. The third-order valence-electron chi connectivity index (χ3n) is 2.41. The van der Waals surface area contributed by atoms with Gasteiger partial charge < -0.3 is 15.2 Å². The zero-order chi connectivity index (χ0) is 13.4. The number of hydrogen-bond acceptors (Lipinski definition) is 4. The second-order valence-corrected chi connectivity index (χ2v) is 4.17. The smallest absolute Gasteiger partial charge is 0.327 e. The standard InChI is InChI=1S/C11H22N2O4/c1-8(2)13(5-6-17-4)7-10(11(15)16)12-9(3)14/h8,10H,5-7H2,1-4H3,(H,12,14)(H,15,16). The number of nitrogens with zero attached hydrogens (tertiary/aromatic N) is 1. The lowest BCUT2D eigenvalue weighted by molar-refractivity contribution is -0.142. The van der Waals surface area contributed by atoms with Crippen molar-refractivity contribution in [3.8, 4) is 0 Å². The van der Waals surface area contributed by atoms with E-state index in [4.69, 9.17) is 9.84 Å². The maximum Gasteiger partial charge on any atom is 0.327 e. The molecule has 0 aliphatic rings. The molecule has 17 heavy (non-hydrogen) atoms. The van der Waals surface area contributed by atoms with E-state index in [0.29, 0.717) is 13.2 Å². The molecule has 0 aliphatic carbocycles. The van der Waals surface area contributed by atoms with Crippen LogP contribution < -0.4 is 5.32 Å². The highest BCUT2D eigenvalue weighted by Crippen LogP contribution is 2.00. The zero-order valence-electron chi connectivity index (χ0n) is 10.9. The summed E-state index contributed by atoms with van der Waals surface area (Å²) >= 11 is 0. The first-order valence-electron chi connectivity index (χ1n) is 5.61. The summed E-state index contributed by atoms with van der Waals surface area (Å²) in [5.74, 6) is -1.36. The number of methoxy groups -OCH3 is 1. The molecule has 0 saturated heterocycles. The number of carboxylic acid groups (broad SMARTS) is 1. The number of amides is 1. The molecule has 100 valence electrons. The summed E-state index contributed by atoms with van der Waals surface area (Å²) in [7, 11) is 1.60. The molecule has 0 aromatic rings. The number of aliphatic carboxylic acids is 1. The minimum absolute atomic E-state index is 0.195. The maximum absolute atomic E-state index is 11.0. The first-order valence-corrected chi connectivity index (χ1v) is 5.61. The highest BCUT2D eigenvalue weighted by molar-refractivity contribution is 5.82. The minimum Gasteiger partial charge on any atom is -0.480 e. The summed E-state index contributed by atoms with van der Waals surface area (Å²) in [6, 6.07) is -0.687. The van der Waals surface area contributed by atoms with Crippen LogP contribution in [0, 0.1) is 0 Å². The molecule has 0 spiro atoms. The van der Waals surface area contributed by atoms with E-state index in [9.17, 15) is 9.59 Å². The van der Waals surface area contributed by atoms with E-state index in [1.54, 1.807) is 7.11 Å². The van der Waals surface area contributed by atoms with Crippen molar-refractivity contribution >= 4 is 11.9 Å². The van der Waals surface area contributed by atoms with Gasteiger partial charge >= 0.3 is 5.97 Å². The molecule has 0 aromatic carbocycles. The van der Waals surface area contributed by atoms with Crippen LogP contribution in [0.3, 0.4) is 0 Å². The predicted molar refractivity (Wildman–Crippen MR) is 63.8 cm³/mol. The van der Waals surface area contributed by atoms with Gasteiger partial charge in [-0.05, 0) is 13.8 Å². The molecule has 0 fully saturated rings. The molecule has 0 saturated carbocycles. The maximum atomic E-state index is 11.0. The highest BCUT2D eigenvalue weighted by Gasteiger charge is 2.22. The largest absolute Gasteiger partial charge is 0.480 e. The summed E-state index contributed by atoms with van der Waals surface area (Å²) in [6.45, 7) is 6.70. The molecule has 1 amide bonds. The Labute approximate surface area is 102 Å². The van der Waals surface area contributed by atoms with E-state index in [0.717, 1.165) is 0 Å². The van der Waals surface area contributed by atoms with Crippen molar-refractivity contribution in [1.82, 2.24) is 10.2 Å². The van der Waals surface area contributed by atoms with Crippen LogP contribution in [0.15, 0.2) is 0 Å². The zero-order valence-corrected chi connectivity index (χ0v) is 10.9. The number of hydrogen-bond donors (Lipinski definition) is 2. The number of ether oxygens (including phenoxy) is 1. The van der Waals surface area contributed by atoms with Gasteiger partial charge in [0.05, 0.1) is 6.61 Å². The van der Waals surface area contributed by atoms with Crippen molar-refractivity contribution in [2.24, 2.45) is 0 Å². The quantitative estimate of drug-likeness (QED) is 0.627. The van der Waals surface area contributed by atoms with Crippen LogP contribution in [0.5, 0.6) is 0 Å². The Morgan fingerprint density at radius 1 is 1.41 bits per heavy atom. The van der Waals surface area contributed by atoms with E-state index in [2.05, 4.69) is 5.32 Å². The van der Waals surface area contributed by atoms with Crippen molar-refractivity contribution in [2.75, 3.05) is 26.8 Å². The Morgan fingerprint density at radius 3 is 2.35 bits per heavy atom. The molecule has 0 heterocycles. The molecule has 0 aliphatic heterocycles. The predicted octanol–water partition coefficient (Wildman–Crippen LogP) is -0.0675. The number of rotatable bonds is 8. The van der Waals surface area contributed by atoms with Crippen molar-refractivity contribution in [1.29, 1.82) is 0 Å². The third kappa shape index (κ3) is 6.91. The molecule has 1 unspecified atom stereocenters. The van der Waals surface area contributed by atoms with E-state index in [1.807, 2.05) is 18.7 Å². The summed E-state index contributed by atoms with van der Waals surface area (Å²) in [6.07, 6.45) is 0. The van der Waals surface area contributed by atoms with Crippen LogP contribution in [0.4, 0.5) is 0 Å². The van der Waals surface area contributed by atoms with Crippen molar-refractivity contribution in [3.05, 3.63) is 0 Å². The molecular formula is C11H22N2O4. The van der Waals surface area contributed by atoms with Gasteiger partial charge in [0.15, 0.2) is 0 Å². The van der Waals surface area contributed by atoms with Gasteiger partial charge in [0, 0.05) is 33.2 Å². The van der Waals surface area contributed by atoms with Gasteiger partial charge in [-0.2, -0.15) is 0 Å².